The van der Waals surface area contributed by atoms with Crippen molar-refractivity contribution in [2.75, 3.05) is 5.73 Å². The van der Waals surface area contributed by atoms with Crippen molar-refractivity contribution >= 4 is 17.3 Å². The fraction of sp³-hybridized carbons (Fsp3) is 0.400. The highest BCUT2D eigenvalue weighted by Crippen LogP contribution is 2.20. The van der Waals surface area contributed by atoms with Gasteiger partial charge in [0, 0.05) is 6.04 Å². The second kappa shape index (κ2) is 4.49. The van der Waals surface area contributed by atoms with Gasteiger partial charge in [0.1, 0.15) is 0 Å². The van der Waals surface area contributed by atoms with Crippen molar-refractivity contribution in [2.45, 2.75) is 25.8 Å². The molecule has 0 heterocycles. The van der Waals surface area contributed by atoms with E-state index >= 15 is 0 Å². The third-order valence-electron chi connectivity index (χ3n) is 1.95. The average Bonchev–Trinajstić information content (AvgIpc) is 2.07. The first kappa shape index (κ1) is 10.4. The lowest BCUT2D eigenvalue weighted by Crippen LogP contribution is -2.15. The van der Waals surface area contributed by atoms with Gasteiger partial charge in [-0.25, -0.2) is 0 Å². The maximum Gasteiger partial charge on any atom is 0.0638 e. The van der Waals surface area contributed by atoms with Crippen LogP contribution in [-0.2, 0) is 6.42 Å². The van der Waals surface area contributed by atoms with Crippen molar-refractivity contribution in [3.05, 3.63) is 28.8 Å². The third kappa shape index (κ3) is 3.25. The number of anilines is 1. The molecule has 0 fully saturated rings. The summed E-state index contributed by atoms with van der Waals surface area (Å²) in [5.41, 5.74) is 13.1. The number of rotatable bonds is 3. The molecule has 0 saturated heterocycles. The Morgan fingerprint density at radius 1 is 1.46 bits per heavy atom. The molecule has 0 amide bonds. The number of nitrogens with two attached hydrogens (primary N) is 2. The van der Waals surface area contributed by atoms with Gasteiger partial charge in [-0.05, 0) is 37.5 Å². The first-order valence-electron chi connectivity index (χ1n) is 4.39. The van der Waals surface area contributed by atoms with Gasteiger partial charge < -0.3 is 11.5 Å². The number of nitrogen functional groups attached to an aromatic ring is 1. The van der Waals surface area contributed by atoms with E-state index < -0.39 is 0 Å². The Kier molecular flexibility index (Phi) is 3.58. The monoisotopic (exact) mass is 198 g/mol. The number of benzene rings is 1. The van der Waals surface area contributed by atoms with E-state index in [1.165, 1.54) is 5.56 Å². The molecule has 13 heavy (non-hydrogen) atoms. The zero-order valence-corrected chi connectivity index (χ0v) is 8.51. The molecule has 0 aromatic heterocycles. The quantitative estimate of drug-likeness (QED) is 0.732. The zero-order valence-electron chi connectivity index (χ0n) is 7.76. The van der Waals surface area contributed by atoms with E-state index in [0.29, 0.717) is 10.7 Å². The largest absolute Gasteiger partial charge is 0.398 e. The zero-order chi connectivity index (χ0) is 9.84. The van der Waals surface area contributed by atoms with Crippen molar-refractivity contribution in [1.29, 1.82) is 0 Å². The number of hydrogen-bond donors (Lipinski definition) is 2. The molecule has 1 aromatic carbocycles. The normalized spacial score (nSPS) is 12.8. The molecule has 0 radical (unpaired) electrons. The first-order chi connectivity index (χ1) is 6.09. The second-order valence-electron chi connectivity index (χ2n) is 3.37. The summed E-state index contributed by atoms with van der Waals surface area (Å²) in [6.07, 6.45) is 1.93. The van der Waals surface area contributed by atoms with E-state index in [1.54, 1.807) is 0 Å². The molecule has 1 aromatic rings. The van der Waals surface area contributed by atoms with E-state index in [0.717, 1.165) is 12.8 Å². The van der Waals surface area contributed by atoms with E-state index in [-0.39, 0.29) is 6.04 Å². The molecule has 72 valence electrons. The van der Waals surface area contributed by atoms with E-state index in [2.05, 4.69) is 0 Å². The molecule has 0 bridgehead atoms. The lowest BCUT2D eigenvalue weighted by atomic mass is 10.1. The smallest absolute Gasteiger partial charge is 0.0638 e. The van der Waals surface area contributed by atoms with Gasteiger partial charge in [0.25, 0.3) is 0 Å². The molecule has 1 atom stereocenters. The summed E-state index contributed by atoms with van der Waals surface area (Å²) in [5, 5.41) is 0.627. The van der Waals surface area contributed by atoms with Crippen LogP contribution >= 0.6 is 11.6 Å². The Balaban J connectivity index is 2.63. The van der Waals surface area contributed by atoms with Crippen molar-refractivity contribution in [1.82, 2.24) is 0 Å². The Labute approximate surface area is 83.9 Å². The summed E-state index contributed by atoms with van der Waals surface area (Å²) >= 11 is 5.87. The highest BCUT2D eigenvalue weighted by molar-refractivity contribution is 6.33. The molecule has 2 nitrogen and oxygen atoms in total. The first-order valence-corrected chi connectivity index (χ1v) is 4.77. The molecule has 0 aliphatic carbocycles. The Morgan fingerprint density at radius 2 is 2.15 bits per heavy atom. The van der Waals surface area contributed by atoms with Gasteiger partial charge in [-0.3, -0.25) is 0 Å². The highest BCUT2D eigenvalue weighted by atomic mass is 35.5. The van der Waals surface area contributed by atoms with Gasteiger partial charge in [0.15, 0.2) is 0 Å². The molecule has 1 unspecified atom stereocenters. The van der Waals surface area contributed by atoms with E-state index in [1.807, 2.05) is 25.1 Å². The Morgan fingerprint density at radius 3 is 2.69 bits per heavy atom. The molecule has 1 rings (SSSR count). The summed E-state index contributed by atoms with van der Waals surface area (Å²) in [6.45, 7) is 2.00. The van der Waals surface area contributed by atoms with E-state index in [4.69, 9.17) is 23.1 Å². The third-order valence-corrected chi connectivity index (χ3v) is 2.28. The van der Waals surface area contributed by atoms with Crippen LogP contribution in [0.3, 0.4) is 0 Å². The minimum Gasteiger partial charge on any atom is -0.398 e. The SMILES string of the molecule is CC(N)CCc1ccc(N)c(Cl)c1. The summed E-state index contributed by atoms with van der Waals surface area (Å²) in [7, 11) is 0. The average molecular weight is 199 g/mol. The second-order valence-corrected chi connectivity index (χ2v) is 3.78. The maximum absolute atomic E-state index is 5.87. The summed E-state index contributed by atoms with van der Waals surface area (Å²) in [5.74, 6) is 0. The highest BCUT2D eigenvalue weighted by Gasteiger charge is 2.00. The van der Waals surface area contributed by atoms with Gasteiger partial charge in [-0.1, -0.05) is 17.7 Å². The Hall–Kier alpha value is -0.730. The maximum atomic E-state index is 5.87. The van der Waals surface area contributed by atoms with E-state index in [9.17, 15) is 0 Å². The standard InChI is InChI=1S/C10H15ClN2/c1-7(12)2-3-8-4-5-10(13)9(11)6-8/h4-7H,2-3,12-13H2,1H3. The van der Waals surface area contributed by atoms with Crippen LogP contribution < -0.4 is 11.5 Å². The van der Waals surface area contributed by atoms with Crippen LogP contribution in [0.5, 0.6) is 0 Å². The molecule has 3 heteroatoms. The van der Waals surface area contributed by atoms with Gasteiger partial charge in [0.05, 0.1) is 10.7 Å². The van der Waals surface area contributed by atoms with Gasteiger partial charge in [-0.2, -0.15) is 0 Å². The van der Waals surface area contributed by atoms with Crippen molar-refractivity contribution in [3.63, 3.8) is 0 Å². The predicted octanol–water partition coefficient (Wildman–Crippen LogP) is 2.20. The molecule has 0 saturated carbocycles. The topological polar surface area (TPSA) is 52.0 Å². The minimum absolute atomic E-state index is 0.233. The molecular weight excluding hydrogens is 184 g/mol. The summed E-state index contributed by atoms with van der Waals surface area (Å²) in [6, 6.07) is 5.96. The van der Waals surface area contributed by atoms with Crippen LogP contribution in [0.15, 0.2) is 18.2 Å². The lowest BCUT2D eigenvalue weighted by Gasteiger charge is -2.06. The number of hydrogen-bond acceptors (Lipinski definition) is 2. The lowest BCUT2D eigenvalue weighted by molar-refractivity contribution is 0.666. The van der Waals surface area contributed by atoms with Crippen LogP contribution in [0, 0.1) is 0 Å². The van der Waals surface area contributed by atoms with Crippen molar-refractivity contribution in [3.8, 4) is 0 Å². The van der Waals surface area contributed by atoms with Gasteiger partial charge in [0.2, 0.25) is 0 Å². The molecule has 4 N–H and O–H groups in total. The van der Waals surface area contributed by atoms with Crippen molar-refractivity contribution < 1.29 is 0 Å². The van der Waals surface area contributed by atoms with Gasteiger partial charge >= 0.3 is 0 Å². The summed E-state index contributed by atoms with van der Waals surface area (Å²) in [4.78, 5) is 0. The molecular formula is C10H15ClN2. The number of aryl methyl sites for hydroxylation is 1. The van der Waals surface area contributed by atoms with Crippen LogP contribution in [0.4, 0.5) is 5.69 Å². The molecule has 0 spiro atoms. The van der Waals surface area contributed by atoms with Crippen molar-refractivity contribution in [2.24, 2.45) is 5.73 Å². The fourth-order valence-corrected chi connectivity index (χ4v) is 1.32. The fourth-order valence-electron chi connectivity index (χ4n) is 1.12. The van der Waals surface area contributed by atoms with Crippen LogP contribution in [0.2, 0.25) is 5.02 Å². The molecule has 0 aliphatic heterocycles. The van der Waals surface area contributed by atoms with Crippen LogP contribution in [0.1, 0.15) is 18.9 Å². The predicted molar refractivity (Wildman–Crippen MR) is 57.8 cm³/mol. The van der Waals surface area contributed by atoms with Crippen LogP contribution in [-0.4, -0.2) is 6.04 Å². The minimum atomic E-state index is 0.233. The van der Waals surface area contributed by atoms with Crippen LogP contribution in [0.25, 0.3) is 0 Å². The molecule has 0 aliphatic rings. The summed E-state index contributed by atoms with van der Waals surface area (Å²) < 4.78 is 0. The Bertz CT molecular complexity index is 284. The number of halogens is 1. The van der Waals surface area contributed by atoms with Gasteiger partial charge in [-0.15, -0.1) is 0 Å².